The number of aryl methyl sites for hydroxylation is 1. The maximum atomic E-state index is 12.8. The number of carbonyl (C=O) groups excluding carboxylic acids is 1. The van der Waals surface area contributed by atoms with Crippen molar-refractivity contribution < 1.29 is 9.32 Å². The van der Waals surface area contributed by atoms with E-state index in [-0.39, 0.29) is 18.4 Å². The molecular formula is C20H22N4O2. The zero-order valence-electron chi connectivity index (χ0n) is 14.8. The van der Waals surface area contributed by atoms with Gasteiger partial charge < -0.3 is 14.7 Å². The van der Waals surface area contributed by atoms with Crippen LogP contribution in [0, 0.1) is 6.92 Å². The quantitative estimate of drug-likeness (QED) is 0.765. The Bertz CT molecular complexity index is 921. The van der Waals surface area contributed by atoms with Gasteiger partial charge in [0.05, 0.1) is 6.42 Å². The van der Waals surface area contributed by atoms with Crippen molar-refractivity contribution in [1.82, 2.24) is 15.0 Å². The molecule has 3 aromatic rings. The largest absolute Gasteiger partial charge is 0.368 e. The Morgan fingerprint density at radius 2 is 2.15 bits per heavy atom. The zero-order valence-corrected chi connectivity index (χ0v) is 14.8. The molecule has 1 unspecified atom stereocenters. The molecule has 1 amide bonds. The average Bonchev–Trinajstić information content (AvgIpc) is 3.27. The highest BCUT2D eigenvalue weighted by Crippen LogP contribution is 2.22. The number of nitrogens with one attached hydrogen (secondary N) is 1. The normalized spacial score (nSPS) is 17.0. The number of rotatable bonds is 5. The summed E-state index contributed by atoms with van der Waals surface area (Å²) >= 11 is 0. The summed E-state index contributed by atoms with van der Waals surface area (Å²) in [6.45, 7) is 3.47. The van der Waals surface area contributed by atoms with Gasteiger partial charge in [-0.05, 0) is 44.0 Å². The molecule has 1 aliphatic rings. The molecule has 1 N–H and O–H groups in total. The van der Waals surface area contributed by atoms with E-state index in [0.717, 1.165) is 41.9 Å². The molecule has 1 aliphatic heterocycles. The summed E-state index contributed by atoms with van der Waals surface area (Å²) in [5.74, 6) is 0.956. The number of hydrogen-bond donors (Lipinski definition) is 1. The minimum absolute atomic E-state index is 0.102. The summed E-state index contributed by atoms with van der Waals surface area (Å²) < 4.78 is 5.31. The van der Waals surface area contributed by atoms with Gasteiger partial charge in [-0.1, -0.05) is 23.4 Å². The first kappa shape index (κ1) is 16.6. The molecule has 1 atom stereocenters. The summed E-state index contributed by atoms with van der Waals surface area (Å²) in [6.07, 6.45) is 2.30. The molecule has 1 saturated heterocycles. The Labute approximate surface area is 152 Å². The highest BCUT2D eigenvalue weighted by atomic mass is 16.5. The van der Waals surface area contributed by atoms with Gasteiger partial charge in [0, 0.05) is 30.2 Å². The standard InChI is InChI=1S/C20H22N4O2/c1-14-6-4-10-19(22-14)21-13-15-7-5-11-24(15)20(25)12-17-16-8-2-3-9-18(16)26-23-17/h2-4,6,8-10,15H,5,7,11-13H2,1H3,(H,21,22). The number of hydrogen-bond acceptors (Lipinski definition) is 5. The van der Waals surface area contributed by atoms with Crippen molar-refractivity contribution in [3.05, 3.63) is 53.9 Å². The van der Waals surface area contributed by atoms with Crippen LogP contribution in [0.25, 0.3) is 11.0 Å². The van der Waals surface area contributed by atoms with E-state index < -0.39 is 0 Å². The number of anilines is 1. The maximum Gasteiger partial charge on any atom is 0.229 e. The second-order valence-electron chi connectivity index (χ2n) is 6.73. The summed E-state index contributed by atoms with van der Waals surface area (Å²) in [6, 6.07) is 13.7. The number of para-hydroxylation sites is 1. The lowest BCUT2D eigenvalue weighted by molar-refractivity contribution is -0.131. The van der Waals surface area contributed by atoms with Gasteiger partial charge in [0.25, 0.3) is 0 Å². The number of amides is 1. The molecule has 6 nitrogen and oxygen atoms in total. The zero-order chi connectivity index (χ0) is 17.9. The Hall–Kier alpha value is -2.89. The summed E-state index contributed by atoms with van der Waals surface area (Å²) in [5.41, 5.74) is 2.41. The van der Waals surface area contributed by atoms with Crippen LogP contribution < -0.4 is 5.32 Å². The number of fused-ring (bicyclic) bond motifs is 1. The van der Waals surface area contributed by atoms with Gasteiger partial charge in [0.15, 0.2) is 5.58 Å². The Morgan fingerprint density at radius 3 is 3.04 bits per heavy atom. The second-order valence-corrected chi connectivity index (χ2v) is 6.73. The fraction of sp³-hybridized carbons (Fsp3) is 0.350. The first-order valence-electron chi connectivity index (χ1n) is 9.01. The van der Waals surface area contributed by atoms with E-state index in [2.05, 4.69) is 15.5 Å². The van der Waals surface area contributed by atoms with Gasteiger partial charge in [0.2, 0.25) is 5.91 Å². The van der Waals surface area contributed by atoms with Crippen molar-refractivity contribution in [2.45, 2.75) is 32.2 Å². The SMILES string of the molecule is Cc1cccc(NCC2CCCN2C(=O)Cc2noc3ccccc23)n1. The van der Waals surface area contributed by atoms with Crippen LogP contribution in [0.15, 0.2) is 47.0 Å². The molecule has 0 bridgehead atoms. The molecule has 6 heteroatoms. The van der Waals surface area contributed by atoms with Gasteiger partial charge in [-0.2, -0.15) is 0 Å². The lowest BCUT2D eigenvalue weighted by Gasteiger charge is -2.25. The molecule has 0 radical (unpaired) electrons. The third-order valence-electron chi connectivity index (χ3n) is 4.88. The van der Waals surface area contributed by atoms with Gasteiger partial charge >= 0.3 is 0 Å². The van der Waals surface area contributed by atoms with Crippen LogP contribution in [-0.2, 0) is 11.2 Å². The third-order valence-corrected chi connectivity index (χ3v) is 4.88. The minimum Gasteiger partial charge on any atom is -0.368 e. The number of nitrogens with zero attached hydrogens (tertiary/aromatic N) is 3. The molecule has 1 aromatic carbocycles. The predicted octanol–water partition coefficient (Wildman–Crippen LogP) is 3.18. The minimum atomic E-state index is 0.102. The molecule has 4 rings (SSSR count). The molecule has 3 heterocycles. The first-order chi connectivity index (χ1) is 12.7. The lowest BCUT2D eigenvalue weighted by Crippen LogP contribution is -2.40. The van der Waals surface area contributed by atoms with E-state index >= 15 is 0 Å². The first-order valence-corrected chi connectivity index (χ1v) is 9.01. The molecule has 2 aromatic heterocycles. The monoisotopic (exact) mass is 350 g/mol. The Balaban J connectivity index is 1.41. The van der Waals surface area contributed by atoms with E-state index in [1.807, 2.05) is 54.3 Å². The van der Waals surface area contributed by atoms with Crippen LogP contribution in [0.4, 0.5) is 5.82 Å². The highest BCUT2D eigenvalue weighted by Gasteiger charge is 2.29. The van der Waals surface area contributed by atoms with Crippen molar-refractivity contribution in [2.75, 3.05) is 18.4 Å². The topological polar surface area (TPSA) is 71.3 Å². The molecule has 26 heavy (non-hydrogen) atoms. The van der Waals surface area contributed by atoms with Crippen molar-refractivity contribution in [3.63, 3.8) is 0 Å². The number of benzene rings is 1. The van der Waals surface area contributed by atoms with Gasteiger partial charge in [0.1, 0.15) is 11.5 Å². The summed E-state index contributed by atoms with van der Waals surface area (Å²) in [7, 11) is 0. The third kappa shape index (κ3) is 3.40. The number of likely N-dealkylation sites (tertiary alicyclic amines) is 1. The average molecular weight is 350 g/mol. The van der Waals surface area contributed by atoms with Crippen LogP contribution in [0.2, 0.25) is 0 Å². The molecule has 0 aliphatic carbocycles. The summed E-state index contributed by atoms with van der Waals surface area (Å²) in [4.78, 5) is 19.3. The predicted molar refractivity (Wildman–Crippen MR) is 99.9 cm³/mol. The van der Waals surface area contributed by atoms with Crippen LogP contribution in [0.5, 0.6) is 0 Å². The second kappa shape index (κ2) is 7.15. The smallest absolute Gasteiger partial charge is 0.229 e. The summed E-state index contributed by atoms with van der Waals surface area (Å²) in [5, 5.41) is 8.36. The van der Waals surface area contributed by atoms with Gasteiger partial charge in [-0.3, -0.25) is 4.79 Å². The lowest BCUT2D eigenvalue weighted by atomic mass is 10.1. The maximum absolute atomic E-state index is 12.8. The van der Waals surface area contributed by atoms with Gasteiger partial charge in [-0.15, -0.1) is 0 Å². The van der Waals surface area contributed by atoms with Crippen molar-refractivity contribution in [1.29, 1.82) is 0 Å². The van der Waals surface area contributed by atoms with Crippen LogP contribution in [0.3, 0.4) is 0 Å². The van der Waals surface area contributed by atoms with E-state index in [1.54, 1.807) is 0 Å². The number of aromatic nitrogens is 2. The molecule has 0 saturated carbocycles. The van der Waals surface area contributed by atoms with E-state index in [9.17, 15) is 4.79 Å². The fourth-order valence-electron chi connectivity index (χ4n) is 3.55. The van der Waals surface area contributed by atoms with Crippen molar-refractivity contribution >= 4 is 22.7 Å². The molecule has 134 valence electrons. The molecular weight excluding hydrogens is 328 g/mol. The number of carbonyl (C=O) groups is 1. The Morgan fingerprint density at radius 1 is 1.27 bits per heavy atom. The van der Waals surface area contributed by atoms with Crippen molar-refractivity contribution in [2.24, 2.45) is 0 Å². The number of pyridine rings is 1. The Kier molecular flexibility index (Phi) is 4.56. The van der Waals surface area contributed by atoms with Gasteiger partial charge in [-0.25, -0.2) is 4.98 Å². The van der Waals surface area contributed by atoms with E-state index in [4.69, 9.17) is 4.52 Å². The molecule has 1 fully saturated rings. The van der Waals surface area contributed by atoms with Crippen molar-refractivity contribution in [3.8, 4) is 0 Å². The van der Waals surface area contributed by atoms with Crippen LogP contribution >= 0.6 is 0 Å². The van der Waals surface area contributed by atoms with Crippen LogP contribution in [-0.4, -0.2) is 40.1 Å². The molecule has 0 spiro atoms. The fourth-order valence-corrected chi connectivity index (χ4v) is 3.55. The highest BCUT2D eigenvalue weighted by molar-refractivity contribution is 5.86. The van der Waals surface area contributed by atoms with E-state index in [0.29, 0.717) is 12.2 Å². The van der Waals surface area contributed by atoms with Crippen LogP contribution in [0.1, 0.15) is 24.2 Å². The van der Waals surface area contributed by atoms with E-state index in [1.165, 1.54) is 0 Å².